The van der Waals surface area contributed by atoms with Crippen LogP contribution in [-0.2, 0) is 16.0 Å². The van der Waals surface area contributed by atoms with Crippen molar-refractivity contribution in [2.45, 2.75) is 31.2 Å². The quantitative estimate of drug-likeness (QED) is 0.619. The van der Waals surface area contributed by atoms with E-state index in [0.29, 0.717) is 24.3 Å². The maximum atomic E-state index is 13.2. The van der Waals surface area contributed by atoms with Gasteiger partial charge in [0.1, 0.15) is 11.3 Å². The van der Waals surface area contributed by atoms with Gasteiger partial charge in [-0.2, -0.15) is 0 Å². The number of likely N-dealkylation sites (N-methyl/N-ethyl adjacent to an activating group) is 1. The molecule has 172 valence electrons. The first-order chi connectivity index (χ1) is 15.1. The molecular weight excluding hydrogens is 429 g/mol. The van der Waals surface area contributed by atoms with E-state index in [2.05, 4.69) is 10.1 Å². The lowest BCUT2D eigenvalue weighted by Gasteiger charge is -2.26. The minimum Gasteiger partial charge on any atom is -0.493 e. The number of carbonyl (C=O) groups excluding carboxylic acids is 2. The Morgan fingerprint density at radius 2 is 1.69 bits per heavy atom. The van der Waals surface area contributed by atoms with Crippen molar-refractivity contribution < 1.29 is 37.0 Å². The van der Waals surface area contributed by atoms with Crippen molar-refractivity contribution in [1.82, 2.24) is 5.32 Å². The van der Waals surface area contributed by atoms with Crippen molar-refractivity contribution in [3.63, 3.8) is 0 Å². The topological polar surface area (TPSA) is 77.1 Å². The van der Waals surface area contributed by atoms with Crippen molar-refractivity contribution in [2.24, 2.45) is 0 Å². The Labute approximate surface area is 183 Å². The number of halogens is 3. The summed E-state index contributed by atoms with van der Waals surface area (Å²) < 4.78 is 51.5. The number of nitrogens with one attached hydrogen (secondary N) is 1. The minimum atomic E-state index is -4.83. The first kappa shape index (κ1) is 23.4. The third-order valence-electron chi connectivity index (χ3n) is 5.41. The highest BCUT2D eigenvalue weighted by Crippen LogP contribution is 2.35. The van der Waals surface area contributed by atoms with E-state index in [1.807, 2.05) is 6.07 Å². The fourth-order valence-electron chi connectivity index (χ4n) is 3.71. The van der Waals surface area contributed by atoms with Crippen LogP contribution >= 0.6 is 0 Å². The van der Waals surface area contributed by atoms with E-state index >= 15 is 0 Å². The van der Waals surface area contributed by atoms with Gasteiger partial charge in [-0.25, -0.2) is 4.90 Å². The largest absolute Gasteiger partial charge is 0.573 e. The number of ether oxygens (including phenoxy) is 3. The summed E-state index contributed by atoms with van der Waals surface area (Å²) in [5, 5.41) is 2.98. The van der Waals surface area contributed by atoms with Gasteiger partial charge >= 0.3 is 6.36 Å². The van der Waals surface area contributed by atoms with Gasteiger partial charge in [0.25, 0.3) is 5.91 Å². The predicted molar refractivity (Wildman–Crippen MR) is 110 cm³/mol. The van der Waals surface area contributed by atoms with Gasteiger partial charge in [0.15, 0.2) is 11.5 Å². The zero-order valence-corrected chi connectivity index (χ0v) is 17.8. The Bertz CT molecular complexity index is 994. The molecule has 1 heterocycles. The van der Waals surface area contributed by atoms with Crippen LogP contribution in [0.25, 0.3) is 0 Å². The van der Waals surface area contributed by atoms with Crippen molar-refractivity contribution in [1.29, 1.82) is 0 Å². The lowest BCUT2D eigenvalue weighted by Crippen LogP contribution is -2.50. The van der Waals surface area contributed by atoms with Crippen LogP contribution in [0.2, 0.25) is 0 Å². The van der Waals surface area contributed by atoms with Crippen LogP contribution in [0.15, 0.2) is 42.5 Å². The van der Waals surface area contributed by atoms with E-state index in [9.17, 15) is 22.8 Å². The van der Waals surface area contributed by atoms with Crippen LogP contribution in [0.1, 0.15) is 18.4 Å². The Morgan fingerprint density at radius 1 is 1.03 bits per heavy atom. The van der Waals surface area contributed by atoms with Gasteiger partial charge in [-0.3, -0.25) is 9.59 Å². The molecule has 2 aromatic carbocycles. The Kier molecular flexibility index (Phi) is 6.63. The van der Waals surface area contributed by atoms with E-state index in [0.717, 1.165) is 22.6 Å². The van der Waals surface area contributed by atoms with Crippen LogP contribution in [0.4, 0.5) is 18.9 Å². The summed E-state index contributed by atoms with van der Waals surface area (Å²) in [6.45, 7) is 0. The Morgan fingerprint density at radius 3 is 2.25 bits per heavy atom. The van der Waals surface area contributed by atoms with Gasteiger partial charge < -0.3 is 19.5 Å². The summed E-state index contributed by atoms with van der Waals surface area (Å²) in [6.07, 6.45) is -4.09. The molecule has 0 aliphatic carbocycles. The number of carbonyl (C=O) groups is 2. The average molecular weight is 452 g/mol. The number of nitrogens with zero attached hydrogens (tertiary/aromatic N) is 1. The van der Waals surface area contributed by atoms with Crippen LogP contribution in [0.3, 0.4) is 0 Å². The Balaban J connectivity index is 1.77. The maximum absolute atomic E-state index is 13.2. The number of methoxy groups -OCH3 is 2. The van der Waals surface area contributed by atoms with Crippen molar-refractivity contribution >= 4 is 17.5 Å². The van der Waals surface area contributed by atoms with E-state index < -0.39 is 29.5 Å². The van der Waals surface area contributed by atoms with Crippen LogP contribution < -0.4 is 24.4 Å². The van der Waals surface area contributed by atoms with Crippen molar-refractivity contribution in [2.75, 3.05) is 26.2 Å². The summed E-state index contributed by atoms with van der Waals surface area (Å²) in [6, 6.07) is 10.0. The van der Waals surface area contributed by atoms with E-state index in [4.69, 9.17) is 9.47 Å². The van der Waals surface area contributed by atoms with E-state index in [1.165, 1.54) is 26.4 Å². The van der Waals surface area contributed by atoms with Crippen molar-refractivity contribution in [3.05, 3.63) is 48.0 Å². The second-order valence-corrected chi connectivity index (χ2v) is 7.27. The third-order valence-corrected chi connectivity index (χ3v) is 5.41. The van der Waals surface area contributed by atoms with Crippen LogP contribution in [0.5, 0.6) is 17.2 Å². The number of rotatable bonds is 8. The molecule has 1 fully saturated rings. The van der Waals surface area contributed by atoms with Gasteiger partial charge in [-0.15, -0.1) is 13.2 Å². The molecule has 0 spiro atoms. The molecule has 1 saturated heterocycles. The molecule has 0 aromatic heterocycles. The molecule has 10 heteroatoms. The summed E-state index contributed by atoms with van der Waals surface area (Å²) in [5.41, 5.74) is -0.0619. The molecule has 2 amide bonds. The molecule has 0 bridgehead atoms. The highest BCUT2D eigenvalue weighted by Gasteiger charge is 2.51. The molecule has 1 atom stereocenters. The summed E-state index contributed by atoms with van der Waals surface area (Å²) >= 11 is 0. The molecule has 7 nitrogen and oxygen atoms in total. The fraction of sp³-hybridized carbons (Fsp3) is 0.364. The first-order valence-electron chi connectivity index (χ1n) is 9.75. The number of imide groups is 1. The number of hydrogen-bond donors (Lipinski definition) is 1. The lowest BCUT2D eigenvalue weighted by molar-refractivity contribution is -0.274. The van der Waals surface area contributed by atoms with Crippen LogP contribution in [0, 0.1) is 0 Å². The normalized spacial score (nSPS) is 18.8. The molecular formula is C22H23F3N2O5. The summed E-state index contributed by atoms with van der Waals surface area (Å²) in [5.74, 6) is -0.208. The molecule has 1 aliphatic rings. The van der Waals surface area contributed by atoms with Gasteiger partial charge in [0.2, 0.25) is 5.91 Å². The third kappa shape index (κ3) is 4.80. The second kappa shape index (κ2) is 9.07. The zero-order valence-electron chi connectivity index (χ0n) is 17.8. The standard InChI is InChI=1S/C22H23F3N2O5/c1-26-21(11-10-14-4-9-17(30-2)18(12-14)31-3)13-19(28)27(20(21)29)15-5-7-16(8-6-15)32-22(23,24)25/h4-9,12,26H,10-11,13H2,1-3H3. The SMILES string of the molecule is CNC1(CCc2ccc(OC)c(OC)c2)CC(=O)N(c2ccc(OC(F)(F)F)cc2)C1=O. The zero-order chi connectivity index (χ0) is 23.5. The highest BCUT2D eigenvalue weighted by molar-refractivity contribution is 6.24. The number of benzene rings is 2. The molecule has 1 aliphatic heterocycles. The predicted octanol–water partition coefficient (Wildman–Crippen LogP) is 3.46. The number of alkyl halides is 3. The second-order valence-electron chi connectivity index (χ2n) is 7.27. The van der Waals surface area contributed by atoms with Gasteiger partial charge in [0, 0.05) is 0 Å². The molecule has 1 unspecified atom stereocenters. The van der Waals surface area contributed by atoms with Crippen molar-refractivity contribution in [3.8, 4) is 17.2 Å². The smallest absolute Gasteiger partial charge is 0.493 e. The van der Waals surface area contributed by atoms with Crippen LogP contribution in [-0.4, -0.2) is 45.0 Å². The lowest BCUT2D eigenvalue weighted by atomic mass is 9.89. The average Bonchev–Trinajstić information content (AvgIpc) is 3.01. The van der Waals surface area contributed by atoms with Gasteiger partial charge in [-0.05, 0) is 61.9 Å². The summed E-state index contributed by atoms with van der Waals surface area (Å²) in [4.78, 5) is 26.9. The minimum absolute atomic E-state index is 0.0730. The van der Waals surface area contributed by atoms with E-state index in [1.54, 1.807) is 19.2 Å². The Hall–Kier alpha value is -3.27. The molecule has 0 saturated carbocycles. The van der Waals surface area contributed by atoms with Gasteiger partial charge in [-0.1, -0.05) is 6.07 Å². The van der Waals surface area contributed by atoms with E-state index in [-0.39, 0.29) is 12.1 Å². The number of anilines is 1. The number of hydrogen-bond acceptors (Lipinski definition) is 6. The van der Waals surface area contributed by atoms with Gasteiger partial charge in [0.05, 0.1) is 26.3 Å². The monoisotopic (exact) mass is 452 g/mol. The first-order valence-corrected chi connectivity index (χ1v) is 9.75. The molecule has 0 radical (unpaired) electrons. The highest BCUT2D eigenvalue weighted by atomic mass is 19.4. The molecule has 32 heavy (non-hydrogen) atoms. The maximum Gasteiger partial charge on any atom is 0.573 e. The fourth-order valence-corrected chi connectivity index (χ4v) is 3.71. The molecule has 1 N–H and O–H groups in total. The molecule has 3 rings (SSSR count). The number of amides is 2. The number of aryl methyl sites for hydroxylation is 1. The summed E-state index contributed by atoms with van der Waals surface area (Å²) in [7, 11) is 4.66. The molecule has 2 aromatic rings.